The van der Waals surface area contributed by atoms with Crippen molar-refractivity contribution in [1.29, 1.82) is 0 Å². The molecule has 2 aromatic heterocycles. The number of piperidine rings is 1. The number of aryl methyl sites for hydroxylation is 2. The van der Waals surface area contributed by atoms with Crippen molar-refractivity contribution in [1.82, 2.24) is 20.1 Å². The molecule has 1 aliphatic heterocycles. The lowest BCUT2D eigenvalue weighted by atomic mass is 10.1. The second-order valence-electron chi connectivity index (χ2n) is 7.64. The molecule has 3 aromatic rings. The van der Waals surface area contributed by atoms with E-state index in [4.69, 9.17) is 0 Å². The summed E-state index contributed by atoms with van der Waals surface area (Å²) in [4.78, 5) is 19.4. The van der Waals surface area contributed by atoms with Gasteiger partial charge in [-0.1, -0.05) is 0 Å². The standard InChI is InChI=1S/C23H27N5O/c1-17-14-18(2)28(26-17)21-8-6-20(7-9-21)23(29)25-16-19-10-11-24-22(15-19)27-12-4-3-5-13-27/h6-11,14-15H,3-5,12-13,16H2,1-2H3,(H,25,29). The van der Waals surface area contributed by atoms with Crippen molar-refractivity contribution in [2.24, 2.45) is 0 Å². The van der Waals surface area contributed by atoms with E-state index in [1.165, 1.54) is 19.3 Å². The summed E-state index contributed by atoms with van der Waals surface area (Å²) in [7, 11) is 0. The van der Waals surface area contributed by atoms with Crippen LogP contribution in [0.1, 0.15) is 46.6 Å². The monoisotopic (exact) mass is 389 g/mol. The molecule has 1 fully saturated rings. The topological polar surface area (TPSA) is 63.1 Å². The Morgan fingerprint density at radius 3 is 2.48 bits per heavy atom. The number of nitrogens with zero attached hydrogens (tertiary/aromatic N) is 4. The fourth-order valence-corrected chi connectivity index (χ4v) is 3.80. The van der Waals surface area contributed by atoms with Crippen LogP contribution in [0.5, 0.6) is 0 Å². The number of anilines is 1. The molecule has 6 heteroatoms. The molecule has 0 aliphatic carbocycles. The van der Waals surface area contributed by atoms with E-state index in [1.807, 2.05) is 61.1 Å². The molecule has 0 bridgehead atoms. The van der Waals surface area contributed by atoms with E-state index < -0.39 is 0 Å². The van der Waals surface area contributed by atoms with E-state index in [9.17, 15) is 4.79 Å². The summed E-state index contributed by atoms with van der Waals surface area (Å²) in [5, 5.41) is 7.50. The van der Waals surface area contributed by atoms with E-state index in [0.29, 0.717) is 12.1 Å². The number of pyridine rings is 1. The van der Waals surface area contributed by atoms with Gasteiger partial charge >= 0.3 is 0 Å². The van der Waals surface area contributed by atoms with Crippen molar-refractivity contribution in [2.75, 3.05) is 18.0 Å². The first-order valence-corrected chi connectivity index (χ1v) is 10.2. The summed E-state index contributed by atoms with van der Waals surface area (Å²) in [6.07, 6.45) is 5.56. The van der Waals surface area contributed by atoms with Crippen LogP contribution in [0.3, 0.4) is 0 Å². The van der Waals surface area contributed by atoms with Crippen molar-refractivity contribution >= 4 is 11.7 Å². The molecule has 1 saturated heterocycles. The zero-order valence-corrected chi connectivity index (χ0v) is 17.1. The summed E-state index contributed by atoms with van der Waals surface area (Å²) >= 11 is 0. The van der Waals surface area contributed by atoms with Crippen LogP contribution in [0.2, 0.25) is 0 Å². The number of aromatic nitrogens is 3. The molecule has 0 unspecified atom stereocenters. The van der Waals surface area contributed by atoms with Gasteiger partial charge in [0.2, 0.25) is 0 Å². The van der Waals surface area contributed by atoms with Crippen LogP contribution in [0, 0.1) is 13.8 Å². The Morgan fingerprint density at radius 2 is 1.79 bits per heavy atom. The molecular weight excluding hydrogens is 362 g/mol. The minimum atomic E-state index is -0.0822. The van der Waals surface area contributed by atoms with Crippen molar-refractivity contribution in [3.05, 3.63) is 71.2 Å². The lowest BCUT2D eigenvalue weighted by Crippen LogP contribution is -2.30. The highest BCUT2D eigenvalue weighted by atomic mass is 16.1. The third-order valence-corrected chi connectivity index (χ3v) is 5.33. The first-order valence-electron chi connectivity index (χ1n) is 10.2. The van der Waals surface area contributed by atoms with Crippen LogP contribution in [-0.2, 0) is 6.54 Å². The molecule has 0 saturated carbocycles. The van der Waals surface area contributed by atoms with Gasteiger partial charge in [0, 0.05) is 37.1 Å². The largest absolute Gasteiger partial charge is 0.357 e. The number of hydrogen-bond acceptors (Lipinski definition) is 4. The Labute approximate surface area is 171 Å². The van der Waals surface area contributed by atoms with Gasteiger partial charge in [-0.05, 0) is 81.1 Å². The molecule has 1 aliphatic rings. The average molecular weight is 390 g/mol. The third-order valence-electron chi connectivity index (χ3n) is 5.33. The van der Waals surface area contributed by atoms with Crippen molar-refractivity contribution in [3.8, 4) is 5.69 Å². The molecule has 6 nitrogen and oxygen atoms in total. The smallest absolute Gasteiger partial charge is 0.251 e. The summed E-state index contributed by atoms with van der Waals surface area (Å²) in [5.41, 5.74) is 4.70. The van der Waals surface area contributed by atoms with Crippen LogP contribution in [0.15, 0.2) is 48.7 Å². The van der Waals surface area contributed by atoms with Crippen LogP contribution in [-0.4, -0.2) is 33.8 Å². The Bertz CT molecular complexity index is 987. The molecule has 1 N–H and O–H groups in total. The zero-order valence-electron chi connectivity index (χ0n) is 17.1. The second-order valence-corrected chi connectivity index (χ2v) is 7.64. The highest BCUT2D eigenvalue weighted by molar-refractivity contribution is 5.94. The molecule has 1 aromatic carbocycles. The van der Waals surface area contributed by atoms with Gasteiger partial charge in [0.1, 0.15) is 5.82 Å². The number of carbonyl (C=O) groups excluding carboxylic acids is 1. The maximum atomic E-state index is 12.6. The highest BCUT2D eigenvalue weighted by Gasteiger charge is 2.13. The maximum Gasteiger partial charge on any atom is 0.251 e. The van der Waals surface area contributed by atoms with E-state index in [0.717, 1.165) is 41.5 Å². The number of nitrogens with one attached hydrogen (secondary N) is 1. The molecule has 0 atom stereocenters. The normalized spacial score (nSPS) is 14.1. The third kappa shape index (κ3) is 4.47. The number of amides is 1. The van der Waals surface area contributed by atoms with E-state index in [-0.39, 0.29) is 5.91 Å². The highest BCUT2D eigenvalue weighted by Crippen LogP contribution is 2.18. The van der Waals surface area contributed by atoms with Gasteiger partial charge < -0.3 is 10.2 Å². The Morgan fingerprint density at radius 1 is 1.03 bits per heavy atom. The summed E-state index contributed by atoms with van der Waals surface area (Å²) in [6.45, 7) is 6.60. The molecule has 3 heterocycles. The summed E-state index contributed by atoms with van der Waals surface area (Å²) < 4.78 is 1.89. The lowest BCUT2D eigenvalue weighted by molar-refractivity contribution is 0.0951. The van der Waals surface area contributed by atoms with Crippen molar-refractivity contribution in [3.63, 3.8) is 0 Å². The number of rotatable bonds is 5. The van der Waals surface area contributed by atoms with E-state index in [1.54, 1.807) is 0 Å². The van der Waals surface area contributed by atoms with Crippen molar-refractivity contribution in [2.45, 2.75) is 39.7 Å². The SMILES string of the molecule is Cc1cc(C)n(-c2ccc(C(=O)NCc3ccnc(N4CCCCC4)c3)cc2)n1. The number of hydrogen-bond donors (Lipinski definition) is 1. The number of benzene rings is 1. The van der Waals surface area contributed by atoms with Gasteiger partial charge in [-0.2, -0.15) is 5.10 Å². The quantitative estimate of drug-likeness (QED) is 0.721. The minimum absolute atomic E-state index is 0.0822. The molecular formula is C23H27N5O. The van der Waals surface area contributed by atoms with Gasteiger partial charge in [0.05, 0.1) is 11.4 Å². The molecule has 0 spiro atoms. The first kappa shape index (κ1) is 19.2. The predicted molar refractivity (Wildman–Crippen MR) is 115 cm³/mol. The van der Waals surface area contributed by atoms with Crippen LogP contribution in [0.25, 0.3) is 5.69 Å². The number of carbonyl (C=O) groups is 1. The van der Waals surface area contributed by atoms with Crippen LogP contribution < -0.4 is 10.2 Å². The maximum absolute atomic E-state index is 12.6. The molecule has 150 valence electrons. The molecule has 29 heavy (non-hydrogen) atoms. The second kappa shape index (κ2) is 8.47. The fourth-order valence-electron chi connectivity index (χ4n) is 3.80. The lowest BCUT2D eigenvalue weighted by Gasteiger charge is -2.27. The Hall–Kier alpha value is -3.15. The molecule has 0 radical (unpaired) electrons. The zero-order chi connectivity index (χ0) is 20.2. The average Bonchev–Trinajstić information content (AvgIpc) is 3.11. The van der Waals surface area contributed by atoms with Gasteiger partial charge in [-0.25, -0.2) is 9.67 Å². The Balaban J connectivity index is 1.39. The van der Waals surface area contributed by atoms with Crippen molar-refractivity contribution < 1.29 is 4.79 Å². The van der Waals surface area contributed by atoms with Gasteiger partial charge in [-0.3, -0.25) is 4.79 Å². The van der Waals surface area contributed by atoms with Gasteiger partial charge in [-0.15, -0.1) is 0 Å². The van der Waals surface area contributed by atoms with Crippen LogP contribution in [0.4, 0.5) is 5.82 Å². The predicted octanol–water partition coefficient (Wildman–Crippen LogP) is 3.80. The minimum Gasteiger partial charge on any atom is -0.357 e. The fraction of sp³-hybridized carbons (Fsp3) is 0.348. The summed E-state index contributed by atoms with van der Waals surface area (Å²) in [5.74, 6) is 0.923. The summed E-state index contributed by atoms with van der Waals surface area (Å²) in [6, 6.07) is 13.6. The van der Waals surface area contributed by atoms with E-state index >= 15 is 0 Å². The Kier molecular flexibility index (Phi) is 5.60. The van der Waals surface area contributed by atoms with Gasteiger partial charge in [0.15, 0.2) is 0 Å². The van der Waals surface area contributed by atoms with Crippen LogP contribution >= 0.6 is 0 Å². The first-order chi connectivity index (χ1) is 14.1. The molecule has 4 rings (SSSR count). The molecule has 1 amide bonds. The van der Waals surface area contributed by atoms with E-state index in [2.05, 4.69) is 26.4 Å². The van der Waals surface area contributed by atoms with Gasteiger partial charge in [0.25, 0.3) is 5.91 Å².